The van der Waals surface area contributed by atoms with Crippen molar-refractivity contribution in [3.8, 4) is 0 Å². The van der Waals surface area contributed by atoms with Gasteiger partial charge in [-0.25, -0.2) is 0 Å². The van der Waals surface area contributed by atoms with Gasteiger partial charge in [0.25, 0.3) is 0 Å². The number of piperidine rings is 1. The number of nitrogens with one attached hydrogen (secondary N) is 1. The molecule has 1 aliphatic heterocycles. The molecule has 3 nitrogen and oxygen atoms in total. The van der Waals surface area contributed by atoms with Gasteiger partial charge in [-0.05, 0) is 64.9 Å². The van der Waals surface area contributed by atoms with Crippen LogP contribution in [0.5, 0.6) is 0 Å². The molecule has 0 spiro atoms. The van der Waals surface area contributed by atoms with E-state index in [9.17, 15) is 0 Å². The second-order valence-corrected chi connectivity index (χ2v) is 5.88. The van der Waals surface area contributed by atoms with E-state index >= 15 is 0 Å². The zero-order valence-electron chi connectivity index (χ0n) is 11.9. The maximum absolute atomic E-state index is 5.18. The van der Waals surface area contributed by atoms with Gasteiger partial charge in [0.15, 0.2) is 0 Å². The van der Waals surface area contributed by atoms with Crippen molar-refractivity contribution in [1.82, 2.24) is 10.2 Å². The first-order valence-electron chi connectivity index (χ1n) is 7.08. The fourth-order valence-electron chi connectivity index (χ4n) is 3.04. The number of furan rings is 1. The molecule has 2 heterocycles. The van der Waals surface area contributed by atoms with Crippen LogP contribution < -0.4 is 5.32 Å². The first-order valence-corrected chi connectivity index (χ1v) is 7.08. The minimum absolute atomic E-state index is 0.187. The fraction of sp³-hybridized carbons (Fsp3) is 0.733. The van der Waals surface area contributed by atoms with Crippen molar-refractivity contribution in [3.05, 3.63) is 24.2 Å². The lowest BCUT2D eigenvalue weighted by Gasteiger charge is -2.46. The summed E-state index contributed by atoms with van der Waals surface area (Å²) in [5.74, 6) is 0. The van der Waals surface area contributed by atoms with E-state index in [0.717, 1.165) is 6.42 Å². The Kier molecular flexibility index (Phi) is 4.46. The summed E-state index contributed by atoms with van der Waals surface area (Å²) in [7, 11) is 2.07. The number of rotatable bonds is 5. The van der Waals surface area contributed by atoms with Gasteiger partial charge in [0, 0.05) is 11.6 Å². The normalized spacial score (nSPS) is 19.9. The topological polar surface area (TPSA) is 28.4 Å². The fourth-order valence-corrected chi connectivity index (χ4v) is 3.04. The van der Waals surface area contributed by atoms with Crippen molar-refractivity contribution >= 4 is 0 Å². The van der Waals surface area contributed by atoms with Gasteiger partial charge in [0.1, 0.15) is 0 Å². The summed E-state index contributed by atoms with van der Waals surface area (Å²) in [6, 6.07) is 2.52. The Morgan fingerprint density at radius 2 is 2.06 bits per heavy atom. The van der Waals surface area contributed by atoms with Crippen LogP contribution in [-0.2, 0) is 6.42 Å². The monoisotopic (exact) mass is 250 g/mol. The molecule has 0 amide bonds. The molecule has 0 bridgehead atoms. The molecular formula is C15H26N2O. The van der Waals surface area contributed by atoms with Gasteiger partial charge in [0.2, 0.25) is 0 Å². The van der Waals surface area contributed by atoms with Crippen molar-refractivity contribution in [2.24, 2.45) is 0 Å². The number of likely N-dealkylation sites (N-methyl/N-ethyl adjacent to an activating group) is 1. The molecule has 1 unspecified atom stereocenters. The van der Waals surface area contributed by atoms with Crippen LogP contribution in [-0.4, -0.2) is 36.6 Å². The lowest BCUT2D eigenvalue weighted by atomic mass is 9.86. The summed E-state index contributed by atoms with van der Waals surface area (Å²) < 4.78 is 5.18. The summed E-state index contributed by atoms with van der Waals surface area (Å²) in [5.41, 5.74) is 1.46. The molecule has 18 heavy (non-hydrogen) atoms. The van der Waals surface area contributed by atoms with Crippen LogP contribution in [0.1, 0.15) is 38.7 Å². The average molecular weight is 250 g/mol. The molecule has 1 aromatic heterocycles. The molecule has 0 aromatic carbocycles. The number of nitrogens with zero attached hydrogens (tertiary/aromatic N) is 1. The molecule has 102 valence electrons. The van der Waals surface area contributed by atoms with E-state index in [0.29, 0.717) is 6.04 Å². The predicted octanol–water partition coefficient (Wildman–Crippen LogP) is 2.67. The van der Waals surface area contributed by atoms with Gasteiger partial charge < -0.3 is 9.73 Å². The zero-order valence-corrected chi connectivity index (χ0v) is 11.9. The maximum Gasteiger partial charge on any atom is 0.0935 e. The molecule has 1 atom stereocenters. The molecule has 1 aromatic rings. The zero-order chi connectivity index (χ0) is 13.0. The van der Waals surface area contributed by atoms with Crippen molar-refractivity contribution < 1.29 is 4.42 Å². The van der Waals surface area contributed by atoms with E-state index in [1.807, 2.05) is 6.26 Å². The molecule has 1 fully saturated rings. The highest BCUT2D eigenvalue weighted by Crippen LogP contribution is 2.25. The highest BCUT2D eigenvalue weighted by atomic mass is 16.3. The summed E-state index contributed by atoms with van der Waals surface area (Å²) in [4.78, 5) is 2.64. The lowest BCUT2D eigenvalue weighted by molar-refractivity contribution is 0.0635. The van der Waals surface area contributed by atoms with Gasteiger partial charge in [-0.15, -0.1) is 0 Å². The lowest BCUT2D eigenvalue weighted by Crippen LogP contribution is -2.59. The largest absolute Gasteiger partial charge is 0.472 e. The van der Waals surface area contributed by atoms with Crippen LogP contribution in [0.2, 0.25) is 0 Å². The Morgan fingerprint density at radius 1 is 1.33 bits per heavy atom. The first kappa shape index (κ1) is 13.6. The van der Waals surface area contributed by atoms with Crippen molar-refractivity contribution in [3.63, 3.8) is 0 Å². The molecular weight excluding hydrogens is 224 g/mol. The molecule has 0 radical (unpaired) electrons. The summed E-state index contributed by atoms with van der Waals surface area (Å²) in [6.07, 6.45) is 8.71. The van der Waals surface area contributed by atoms with Crippen LogP contribution in [0.15, 0.2) is 23.0 Å². The standard InChI is InChI=1S/C15H26N2O/c1-15(2,17-8-5-4-6-9-17)14(16-3)11-13-7-10-18-12-13/h7,10,12,14,16H,4-6,8-9,11H2,1-3H3. The van der Waals surface area contributed by atoms with Crippen LogP contribution in [0, 0.1) is 0 Å². The smallest absolute Gasteiger partial charge is 0.0935 e. The summed E-state index contributed by atoms with van der Waals surface area (Å²) in [6.45, 7) is 7.19. The third-order valence-electron chi connectivity index (χ3n) is 4.39. The van der Waals surface area contributed by atoms with Crippen molar-refractivity contribution in [2.75, 3.05) is 20.1 Å². The third kappa shape index (κ3) is 2.96. The third-order valence-corrected chi connectivity index (χ3v) is 4.39. The van der Waals surface area contributed by atoms with Gasteiger partial charge in [-0.2, -0.15) is 0 Å². The summed E-state index contributed by atoms with van der Waals surface area (Å²) in [5, 5.41) is 3.49. The minimum Gasteiger partial charge on any atom is -0.472 e. The Labute approximate surface area is 111 Å². The average Bonchev–Trinajstić information content (AvgIpc) is 2.89. The second-order valence-electron chi connectivity index (χ2n) is 5.88. The predicted molar refractivity (Wildman–Crippen MR) is 74.8 cm³/mol. The van der Waals surface area contributed by atoms with Crippen LogP contribution in [0.25, 0.3) is 0 Å². The van der Waals surface area contributed by atoms with Gasteiger partial charge in [-0.3, -0.25) is 4.90 Å². The van der Waals surface area contributed by atoms with Crippen molar-refractivity contribution in [1.29, 1.82) is 0 Å². The second kappa shape index (κ2) is 5.89. The molecule has 1 N–H and O–H groups in total. The minimum atomic E-state index is 0.187. The Morgan fingerprint density at radius 3 is 2.61 bits per heavy atom. The van der Waals surface area contributed by atoms with E-state index < -0.39 is 0 Å². The van der Waals surface area contributed by atoms with Crippen LogP contribution in [0.4, 0.5) is 0 Å². The maximum atomic E-state index is 5.18. The Hall–Kier alpha value is -0.800. The molecule has 1 aliphatic rings. The molecule has 1 saturated heterocycles. The number of likely N-dealkylation sites (tertiary alicyclic amines) is 1. The van der Waals surface area contributed by atoms with Crippen LogP contribution in [0.3, 0.4) is 0 Å². The van der Waals surface area contributed by atoms with E-state index in [-0.39, 0.29) is 5.54 Å². The molecule has 3 heteroatoms. The number of hydrogen-bond acceptors (Lipinski definition) is 3. The van der Waals surface area contributed by atoms with Crippen LogP contribution >= 0.6 is 0 Å². The Bertz CT molecular complexity index is 339. The molecule has 2 rings (SSSR count). The summed E-state index contributed by atoms with van der Waals surface area (Å²) >= 11 is 0. The van der Waals surface area contributed by atoms with Crippen molar-refractivity contribution in [2.45, 2.75) is 51.1 Å². The SMILES string of the molecule is CNC(Cc1ccoc1)C(C)(C)N1CCCCC1. The van der Waals surface area contributed by atoms with E-state index in [4.69, 9.17) is 4.42 Å². The number of hydrogen-bond donors (Lipinski definition) is 1. The highest BCUT2D eigenvalue weighted by molar-refractivity contribution is 5.10. The molecule has 0 saturated carbocycles. The van der Waals surface area contributed by atoms with Gasteiger partial charge in [0.05, 0.1) is 12.5 Å². The highest BCUT2D eigenvalue weighted by Gasteiger charge is 2.35. The van der Waals surface area contributed by atoms with Gasteiger partial charge in [-0.1, -0.05) is 6.42 Å². The van der Waals surface area contributed by atoms with E-state index in [1.165, 1.54) is 37.9 Å². The van der Waals surface area contributed by atoms with E-state index in [1.54, 1.807) is 6.26 Å². The first-order chi connectivity index (χ1) is 8.64. The van der Waals surface area contributed by atoms with Gasteiger partial charge >= 0.3 is 0 Å². The molecule has 0 aliphatic carbocycles. The quantitative estimate of drug-likeness (QED) is 0.871. The Balaban J connectivity index is 2.04. The van der Waals surface area contributed by atoms with E-state index in [2.05, 4.69) is 37.2 Å².